The normalized spacial score (nSPS) is 20.0. The van der Waals surface area contributed by atoms with Crippen LogP contribution in [0.15, 0.2) is 42.5 Å². The Morgan fingerprint density at radius 1 is 1.10 bits per heavy atom. The molecule has 2 fully saturated rings. The van der Waals surface area contributed by atoms with E-state index in [0.717, 1.165) is 31.4 Å². The third-order valence-corrected chi connectivity index (χ3v) is 11.3. The Morgan fingerprint density at radius 3 is 2.50 bits per heavy atom. The molecule has 3 aromatic heterocycles. The van der Waals surface area contributed by atoms with Crippen LogP contribution in [0.25, 0.3) is 22.0 Å². The average Bonchev–Trinajstić information content (AvgIpc) is 3.35. The molecule has 1 saturated carbocycles. The van der Waals surface area contributed by atoms with Crippen LogP contribution in [-0.4, -0.2) is 58.2 Å². The second-order valence-electron chi connectivity index (χ2n) is 14.7. The number of sulfonamides is 1. The number of hydrogen-bond donors (Lipinski definition) is 3. The van der Waals surface area contributed by atoms with Crippen LogP contribution in [0.3, 0.4) is 0 Å². The molecule has 1 aliphatic heterocycles. The first-order valence-corrected chi connectivity index (χ1v) is 20.2. The molecule has 4 heterocycles. The van der Waals surface area contributed by atoms with Gasteiger partial charge in [0.1, 0.15) is 29.6 Å². The molecule has 8 rings (SSSR count). The molecule has 20 heteroatoms. The lowest BCUT2D eigenvalue weighted by molar-refractivity contribution is -0.142. The second-order valence-corrected chi connectivity index (χ2v) is 16.8. The van der Waals surface area contributed by atoms with E-state index >= 15 is 8.78 Å². The van der Waals surface area contributed by atoms with Gasteiger partial charge in [-0.15, -0.1) is 0 Å². The average molecular weight is 849 g/mol. The molecule has 1 saturated heterocycles. The summed E-state index contributed by atoms with van der Waals surface area (Å²) in [5, 5.41) is 14.0. The smallest absolute Gasteiger partial charge is 0.346 e. The predicted octanol–water partition coefficient (Wildman–Crippen LogP) is 6.42. The number of amides is 1. The van der Waals surface area contributed by atoms with Gasteiger partial charge >= 0.3 is 6.18 Å². The highest BCUT2D eigenvalue weighted by atomic mass is 35.5. The van der Waals surface area contributed by atoms with Crippen molar-refractivity contribution >= 4 is 44.3 Å². The van der Waals surface area contributed by atoms with Crippen LogP contribution >= 0.6 is 11.6 Å². The van der Waals surface area contributed by atoms with Crippen molar-refractivity contribution < 1.29 is 43.9 Å². The number of anilines is 1. The van der Waals surface area contributed by atoms with Crippen LogP contribution in [-0.2, 0) is 46.9 Å². The molecule has 4 atom stereocenters. The van der Waals surface area contributed by atoms with Crippen molar-refractivity contribution in [2.24, 2.45) is 18.9 Å². The number of nitrogens with one attached hydrogen (secondary N) is 3. The van der Waals surface area contributed by atoms with Crippen LogP contribution in [0.1, 0.15) is 58.7 Å². The van der Waals surface area contributed by atoms with Crippen LogP contribution in [0.5, 0.6) is 0 Å². The minimum Gasteiger partial charge on any atom is -0.346 e. The number of halogens is 8. The highest BCUT2D eigenvalue weighted by Crippen LogP contribution is 2.68. The number of carbonyl (C=O) groups excluding carboxylic acids is 1. The number of rotatable bonds is 9. The van der Waals surface area contributed by atoms with Crippen molar-refractivity contribution in [3.63, 3.8) is 0 Å². The molecule has 0 spiro atoms. The van der Waals surface area contributed by atoms with Gasteiger partial charge in [-0.3, -0.25) is 18.9 Å². The maximum Gasteiger partial charge on any atom is 0.435 e. The van der Waals surface area contributed by atoms with Gasteiger partial charge in [0.25, 0.3) is 5.92 Å². The molecule has 0 radical (unpaired) electrons. The van der Waals surface area contributed by atoms with Gasteiger partial charge in [0.2, 0.25) is 15.9 Å². The van der Waals surface area contributed by atoms with E-state index in [0.29, 0.717) is 28.4 Å². The van der Waals surface area contributed by atoms with Gasteiger partial charge in [-0.05, 0) is 73.5 Å². The van der Waals surface area contributed by atoms with E-state index in [-0.39, 0.29) is 57.5 Å². The standard InChI is InChI=1S/C38H32ClF7N8O3S/c1-53-33-24(7-8-27(39)31(33)36(51-53)52-58(2,56)57)23-6-5-22(4-3-18-9-10-47-16-18)48-32(23)28(13-19-11-20(40)14-21(41)12-19)49-29(55)17-54-35-30(34(50-54)38(44,45)46)25-15-26(25)37(35,42)43/h5-8,11-12,14,18,25-26,28,47H,9-10,13,15-17H2,1-2H3,(H,49,55)(H,51,52)/t18?,25-,26+,28-/m0/s1. The largest absolute Gasteiger partial charge is 0.435 e. The van der Waals surface area contributed by atoms with E-state index in [4.69, 9.17) is 16.6 Å². The number of benzene rings is 2. The van der Waals surface area contributed by atoms with Crippen LogP contribution < -0.4 is 15.4 Å². The zero-order chi connectivity index (χ0) is 41.5. The molecule has 3 aliphatic rings. The van der Waals surface area contributed by atoms with Crippen LogP contribution in [0.2, 0.25) is 5.02 Å². The number of aryl methyl sites for hydroxylation is 1. The lowest BCUT2D eigenvalue weighted by atomic mass is 9.93. The molecule has 2 aromatic carbocycles. The van der Waals surface area contributed by atoms with Crippen molar-refractivity contribution in [2.45, 2.75) is 49.9 Å². The summed E-state index contributed by atoms with van der Waals surface area (Å²) in [6.07, 6.45) is -3.84. The fourth-order valence-electron chi connectivity index (χ4n) is 7.98. The highest BCUT2D eigenvalue weighted by Gasteiger charge is 2.68. The third-order valence-electron chi connectivity index (χ3n) is 10.4. The maximum atomic E-state index is 15.4. The number of fused-ring (bicyclic) bond motifs is 4. The summed E-state index contributed by atoms with van der Waals surface area (Å²) >= 11 is 6.59. The van der Waals surface area contributed by atoms with E-state index < -0.39 is 81.0 Å². The van der Waals surface area contributed by atoms with Crippen molar-refractivity contribution in [1.29, 1.82) is 0 Å². The Balaban J connectivity index is 1.27. The second kappa shape index (κ2) is 14.3. The molecular weight excluding hydrogens is 817 g/mol. The van der Waals surface area contributed by atoms with Gasteiger partial charge in [0, 0.05) is 48.2 Å². The molecule has 58 heavy (non-hydrogen) atoms. The minimum absolute atomic E-state index is 0.00310. The molecule has 5 aromatic rings. The summed E-state index contributed by atoms with van der Waals surface area (Å²) in [6, 6.07) is 7.64. The molecule has 3 N–H and O–H groups in total. The quantitative estimate of drug-likeness (QED) is 0.115. The number of nitrogens with zero attached hydrogens (tertiary/aromatic N) is 5. The highest BCUT2D eigenvalue weighted by molar-refractivity contribution is 7.92. The number of pyridine rings is 1. The summed E-state index contributed by atoms with van der Waals surface area (Å²) in [5.74, 6) is -2.88. The molecule has 304 valence electrons. The minimum atomic E-state index is -5.06. The molecular formula is C38H32ClF7N8O3S. The number of alkyl halides is 5. The SMILES string of the molecule is Cn1nc(NS(C)(=O)=O)c2c(Cl)ccc(-c3ccc(C#CC4CCNC4)nc3[C@H](Cc3cc(F)cc(F)c3)NC(=O)Cn3nc(C(F)(F)F)c4c3C(F)(F)[C@@H]3C[C@H]43)c21. The first kappa shape index (κ1) is 39.6. The first-order valence-electron chi connectivity index (χ1n) is 18.0. The zero-order valence-electron chi connectivity index (χ0n) is 30.5. The Bertz CT molecular complexity index is 2660. The number of carbonyl (C=O) groups is 1. The van der Waals surface area contributed by atoms with Gasteiger partial charge < -0.3 is 10.6 Å². The third kappa shape index (κ3) is 7.48. The number of hydrogen-bond acceptors (Lipinski definition) is 7. The Kier molecular flexibility index (Phi) is 9.75. The summed E-state index contributed by atoms with van der Waals surface area (Å²) < 4.78 is 131. The van der Waals surface area contributed by atoms with Gasteiger partial charge in [0.05, 0.1) is 33.9 Å². The van der Waals surface area contributed by atoms with Gasteiger partial charge in [-0.25, -0.2) is 22.2 Å². The van der Waals surface area contributed by atoms with Gasteiger partial charge in [0.15, 0.2) is 11.5 Å². The zero-order valence-corrected chi connectivity index (χ0v) is 32.1. The molecule has 0 bridgehead atoms. The molecule has 11 nitrogen and oxygen atoms in total. The van der Waals surface area contributed by atoms with Crippen molar-refractivity contribution in [3.05, 3.63) is 93.0 Å². The fraction of sp³-hybridized carbons (Fsp3) is 0.368. The van der Waals surface area contributed by atoms with E-state index in [2.05, 4.69) is 37.4 Å². The van der Waals surface area contributed by atoms with E-state index in [1.807, 2.05) is 0 Å². The Morgan fingerprint density at radius 2 is 1.83 bits per heavy atom. The van der Waals surface area contributed by atoms with Crippen molar-refractivity contribution in [2.75, 3.05) is 24.1 Å². The summed E-state index contributed by atoms with van der Waals surface area (Å²) in [6.45, 7) is 0.348. The van der Waals surface area contributed by atoms with E-state index in [1.165, 1.54) is 17.8 Å². The predicted molar refractivity (Wildman–Crippen MR) is 198 cm³/mol. The summed E-state index contributed by atoms with van der Waals surface area (Å²) in [7, 11) is -2.30. The van der Waals surface area contributed by atoms with Gasteiger partial charge in [-0.1, -0.05) is 23.6 Å². The fourth-order valence-corrected chi connectivity index (χ4v) is 8.72. The van der Waals surface area contributed by atoms with Crippen molar-refractivity contribution in [3.8, 4) is 23.0 Å². The maximum absolute atomic E-state index is 15.4. The molecule has 1 amide bonds. The molecule has 2 aliphatic carbocycles. The van der Waals surface area contributed by atoms with E-state index in [9.17, 15) is 35.2 Å². The lowest BCUT2D eigenvalue weighted by Gasteiger charge is -2.23. The van der Waals surface area contributed by atoms with Gasteiger partial charge in [-0.2, -0.15) is 32.1 Å². The van der Waals surface area contributed by atoms with Crippen LogP contribution in [0, 0.1) is 35.3 Å². The van der Waals surface area contributed by atoms with Crippen molar-refractivity contribution in [1.82, 2.24) is 35.2 Å². The lowest BCUT2D eigenvalue weighted by Crippen LogP contribution is -2.35. The topological polar surface area (TPSA) is 136 Å². The molecule has 1 unspecified atom stereocenters. The first-order chi connectivity index (χ1) is 27.3. The number of aromatic nitrogens is 5. The summed E-state index contributed by atoms with van der Waals surface area (Å²) in [5.41, 5.74) is -1.79. The Labute approximate surface area is 331 Å². The van der Waals surface area contributed by atoms with Crippen LogP contribution in [0.4, 0.5) is 36.6 Å². The summed E-state index contributed by atoms with van der Waals surface area (Å²) in [4.78, 5) is 18.8. The Hall–Kier alpha value is -5.19. The van der Waals surface area contributed by atoms with E-state index in [1.54, 1.807) is 18.2 Å². The monoisotopic (exact) mass is 848 g/mol.